The number of aromatic nitrogens is 1. The van der Waals surface area contributed by atoms with Gasteiger partial charge in [-0.15, -0.1) is 0 Å². The number of nitrogens with zero attached hydrogens (tertiary/aromatic N) is 1. The molecule has 2 aliphatic heterocycles. The second-order valence-electron chi connectivity index (χ2n) is 8.90. The Bertz CT molecular complexity index is 1240. The van der Waals surface area contributed by atoms with Crippen molar-refractivity contribution in [2.45, 2.75) is 30.3 Å². The van der Waals surface area contributed by atoms with Crippen LogP contribution in [0.4, 0.5) is 4.39 Å². The largest absolute Gasteiger partial charge is 0.449 e. The number of ketones is 1. The van der Waals surface area contributed by atoms with Crippen LogP contribution < -0.4 is 5.32 Å². The smallest absolute Gasteiger partial charge is 0.340 e. The molecule has 2 fully saturated rings. The molecule has 160 valence electrons. The standard InChI is InChI=1S/C26H21FN2O3/c27-21-9-6-17(14-29-21)16-4-7-18(8-5-16)25(10-11-25)23(30)19-2-1-3-20-22(19)24(31)32-26(20)12-13-28-15-26/h1-9,14,28H,10-13,15H2. The van der Waals surface area contributed by atoms with Crippen molar-refractivity contribution in [1.82, 2.24) is 10.3 Å². The van der Waals surface area contributed by atoms with E-state index in [0.717, 1.165) is 41.6 Å². The van der Waals surface area contributed by atoms with Crippen LogP contribution in [-0.4, -0.2) is 29.8 Å². The zero-order chi connectivity index (χ0) is 21.9. The molecule has 1 atom stereocenters. The maximum Gasteiger partial charge on any atom is 0.340 e. The van der Waals surface area contributed by atoms with E-state index in [2.05, 4.69) is 10.3 Å². The third-order valence-electron chi connectivity index (χ3n) is 7.09. The van der Waals surface area contributed by atoms with Crippen LogP contribution in [0.15, 0.2) is 60.8 Å². The molecule has 1 N–H and O–H groups in total. The summed E-state index contributed by atoms with van der Waals surface area (Å²) in [5, 5.41) is 3.27. The van der Waals surface area contributed by atoms with Crippen molar-refractivity contribution in [1.29, 1.82) is 0 Å². The number of carbonyl (C=O) groups excluding carboxylic acids is 2. The van der Waals surface area contributed by atoms with Crippen molar-refractivity contribution in [3.8, 4) is 11.1 Å². The highest BCUT2D eigenvalue weighted by Crippen LogP contribution is 2.52. The van der Waals surface area contributed by atoms with Crippen LogP contribution in [-0.2, 0) is 15.8 Å². The first-order chi connectivity index (χ1) is 15.5. The van der Waals surface area contributed by atoms with Crippen LogP contribution in [0.5, 0.6) is 0 Å². The van der Waals surface area contributed by atoms with Gasteiger partial charge in [0.05, 0.1) is 11.0 Å². The van der Waals surface area contributed by atoms with Crippen LogP contribution in [0.25, 0.3) is 11.1 Å². The summed E-state index contributed by atoms with van der Waals surface area (Å²) in [7, 11) is 0. The lowest BCUT2D eigenvalue weighted by Crippen LogP contribution is -2.28. The zero-order valence-electron chi connectivity index (χ0n) is 17.4. The number of pyridine rings is 1. The Labute approximate surface area is 184 Å². The van der Waals surface area contributed by atoms with E-state index < -0.39 is 22.9 Å². The van der Waals surface area contributed by atoms with Gasteiger partial charge in [-0.05, 0) is 42.6 Å². The van der Waals surface area contributed by atoms with E-state index >= 15 is 0 Å². The number of hydrogen-bond acceptors (Lipinski definition) is 5. The number of benzene rings is 2. The van der Waals surface area contributed by atoms with Crippen LogP contribution in [0.3, 0.4) is 0 Å². The van der Waals surface area contributed by atoms with Gasteiger partial charge in [-0.1, -0.05) is 42.5 Å². The van der Waals surface area contributed by atoms with Gasteiger partial charge < -0.3 is 10.1 Å². The predicted octanol–water partition coefficient (Wildman–Crippen LogP) is 4.16. The fourth-order valence-electron chi connectivity index (χ4n) is 5.17. The van der Waals surface area contributed by atoms with Crippen molar-refractivity contribution in [2.24, 2.45) is 0 Å². The minimum absolute atomic E-state index is 0.0227. The normalized spacial score (nSPS) is 22.6. The van der Waals surface area contributed by atoms with E-state index in [1.807, 2.05) is 36.4 Å². The average molecular weight is 428 g/mol. The maximum atomic E-state index is 13.8. The van der Waals surface area contributed by atoms with Gasteiger partial charge in [0.1, 0.15) is 0 Å². The van der Waals surface area contributed by atoms with Gasteiger partial charge in [0, 0.05) is 35.9 Å². The molecule has 1 aliphatic carbocycles. The lowest BCUT2D eigenvalue weighted by Gasteiger charge is -2.22. The molecule has 3 aromatic rings. The lowest BCUT2D eigenvalue weighted by molar-refractivity contribution is 0.00158. The summed E-state index contributed by atoms with van der Waals surface area (Å²) in [6, 6.07) is 16.3. The summed E-state index contributed by atoms with van der Waals surface area (Å²) in [4.78, 5) is 30.3. The second kappa shape index (κ2) is 6.81. The molecule has 1 spiro atoms. The van der Waals surface area contributed by atoms with E-state index in [1.165, 1.54) is 12.3 Å². The summed E-state index contributed by atoms with van der Waals surface area (Å²) < 4.78 is 18.9. The lowest BCUT2D eigenvalue weighted by atomic mass is 9.82. The fourth-order valence-corrected chi connectivity index (χ4v) is 5.17. The van der Waals surface area contributed by atoms with Crippen LogP contribution in [0.2, 0.25) is 0 Å². The molecular weight excluding hydrogens is 407 g/mol. The van der Waals surface area contributed by atoms with Crippen LogP contribution in [0.1, 0.15) is 51.1 Å². The molecule has 3 heterocycles. The van der Waals surface area contributed by atoms with E-state index in [4.69, 9.17) is 4.74 Å². The minimum Gasteiger partial charge on any atom is -0.449 e. The third-order valence-corrected chi connectivity index (χ3v) is 7.09. The third kappa shape index (κ3) is 2.76. The van der Waals surface area contributed by atoms with Gasteiger partial charge in [0.2, 0.25) is 5.95 Å². The zero-order valence-corrected chi connectivity index (χ0v) is 17.4. The predicted molar refractivity (Wildman–Crippen MR) is 116 cm³/mol. The summed E-state index contributed by atoms with van der Waals surface area (Å²) in [5.74, 6) is -0.940. The second-order valence-corrected chi connectivity index (χ2v) is 8.90. The van der Waals surface area contributed by atoms with E-state index in [1.54, 1.807) is 12.1 Å². The van der Waals surface area contributed by atoms with Crippen molar-refractivity contribution in [3.05, 3.63) is 89.0 Å². The van der Waals surface area contributed by atoms with E-state index in [9.17, 15) is 14.0 Å². The van der Waals surface area contributed by atoms with Crippen LogP contribution in [0, 0.1) is 5.95 Å². The Morgan fingerprint density at radius 3 is 2.44 bits per heavy atom. The topological polar surface area (TPSA) is 68.3 Å². The first kappa shape index (κ1) is 19.3. The molecule has 6 heteroatoms. The number of fused-ring (bicyclic) bond motifs is 2. The van der Waals surface area contributed by atoms with Crippen molar-refractivity contribution < 1.29 is 18.7 Å². The Kier molecular flexibility index (Phi) is 4.11. The molecule has 2 aromatic carbocycles. The van der Waals surface area contributed by atoms with Crippen molar-refractivity contribution in [3.63, 3.8) is 0 Å². The fraction of sp³-hybridized carbons (Fsp3) is 0.269. The molecule has 1 unspecified atom stereocenters. The quantitative estimate of drug-likeness (QED) is 0.384. The number of rotatable bonds is 4. The molecule has 1 saturated carbocycles. The number of esters is 1. The average Bonchev–Trinajstić information content (AvgIpc) is 3.42. The highest BCUT2D eigenvalue weighted by atomic mass is 19.1. The Balaban J connectivity index is 1.35. The van der Waals surface area contributed by atoms with Crippen molar-refractivity contribution >= 4 is 11.8 Å². The number of Topliss-reactive ketones (excluding diaryl/α,β-unsaturated/α-hetero) is 1. The Hall–Kier alpha value is -3.38. The summed E-state index contributed by atoms with van der Waals surface area (Å²) >= 11 is 0. The Morgan fingerprint density at radius 1 is 1.00 bits per heavy atom. The van der Waals surface area contributed by atoms with Gasteiger partial charge in [0.25, 0.3) is 0 Å². The Morgan fingerprint density at radius 2 is 1.78 bits per heavy atom. The number of carbonyl (C=O) groups is 2. The summed E-state index contributed by atoms with van der Waals surface area (Å²) in [5.41, 5.74) is 3.11. The number of ether oxygens (including phenoxy) is 1. The molecule has 5 nitrogen and oxygen atoms in total. The molecule has 3 aliphatic rings. The van der Waals surface area contributed by atoms with Gasteiger partial charge in [-0.2, -0.15) is 4.39 Å². The van der Waals surface area contributed by atoms with E-state index in [-0.39, 0.29) is 5.78 Å². The summed E-state index contributed by atoms with van der Waals surface area (Å²) in [6.07, 6.45) is 3.70. The number of nitrogens with one attached hydrogen (secondary N) is 1. The highest BCUT2D eigenvalue weighted by molar-refractivity contribution is 6.14. The maximum absolute atomic E-state index is 13.8. The molecule has 0 radical (unpaired) electrons. The van der Waals surface area contributed by atoms with Gasteiger partial charge in [-0.3, -0.25) is 4.79 Å². The molecule has 0 amide bonds. The molecule has 6 rings (SSSR count). The van der Waals surface area contributed by atoms with Crippen LogP contribution >= 0.6 is 0 Å². The van der Waals surface area contributed by atoms with Gasteiger partial charge >= 0.3 is 5.97 Å². The number of halogens is 1. The highest BCUT2D eigenvalue weighted by Gasteiger charge is 2.54. The molecule has 1 aromatic heterocycles. The molecule has 32 heavy (non-hydrogen) atoms. The molecule has 0 bridgehead atoms. The SMILES string of the molecule is O=C1OC2(CCNC2)c2cccc(C(=O)C3(c4ccc(-c5ccc(F)nc5)cc4)CC3)c21. The van der Waals surface area contributed by atoms with Gasteiger partial charge in [-0.25, -0.2) is 9.78 Å². The minimum atomic E-state index is -0.649. The molecular formula is C26H21FN2O3. The van der Waals surface area contributed by atoms with Gasteiger partial charge in [0.15, 0.2) is 11.4 Å². The summed E-state index contributed by atoms with van der Waals surface area (Å²) in [6.45, 7) is 1.36. The number of hydrogen-bond donors (Lipinski definition) is 1. The first-order valence-corrected chi connectivity index (χ1v) is 10.9. The van der Waals surface area contributed by atoms with E-state index in [0.29, 0.717) is 24.1 Å². The molecule has 1 saturated heterocycles. The first-order valence-electron chi connectivity index (χ1n) is 10.9. The van der Waals surface area contributed by atoms with Crippen molar-refractivity contribution in [2.75, 3.05) is 13.1 Å². The monoisotopic (exact) mass is 428 g/mol.